The SMILES string of the molecule is CC(C)N(CC(=O)O)C(=O)Cc1csc(NC(=O)OCC2c3ccccc3-c3ccccc32)n1. The molecule has 9 heteroatoms. The van der Waals surface area contributed by atoms with Crippen molar-refractivity contribution in [3.05, 3.63) is 70.7 Å². The second-order valence-corrected chi connectivity index (χ2v) is 9.14. The molecule has 1 aromatic heterocycles. The molecule has 0 saturated carbocycles. The highest BCUT2D eigenvalue weighted by molar-refractivity contribution is 7.13. The van der Waals surface area contributed by atoms with Crippen molar-refractivity contribution in [2.24, 2.45) is 0 Å². The Balaban J connectivity index is 1.35. The van der Waals surface area contributed by atoms with Gasteiger partial charge in [0.1, 0.15) is 13.2 Å². The number of hydrogen-bond acceptors (Lipinski definition) is 6. The minimum atomic E-state index is -1.07. The van der Waals surface area contributed by atoms with Crippen LogP contribution in [0.15, 0.2) is 53.9 Å². The Hall–Kier alpha value is -3.72. The Labute approximate surface area is 201 Å². The number of hydrogen-bond donors (Lipinski definition) is 2. The number of aromatic nitrogens is 1. The summed E-state index contributed by atoms with van der Waals surface area (Å²) in [4.78, 5) is 41.5. The zero-order valence-electron chi connectivity index (χ0n) is 18.9. The van der Waals surface area contributed by atoms with Crippen LogP contribution in [0.1, 0.15) is 36.6 Å². The number of nitrogens with one attached hydrogen (secondary N) is 1. The van der Waals surface area contributed by atoms with Crippen LogP contribution in [0.4, 0.5) is 9.93 Å². The van der Waals surface area contributed by atoms with Gasteiger partial charge in [-0.3, -0.25) is 14.9 Å². The van der Waals surface area contributed by atoms with Crippen molar-refractivity contribution in [1.29, 1.82) is 0 Å². The average molecular weight is 480 g/mol. The molecule has 0 saturated heterocycles. The smallest absolute Gasteiger partial charge is 0.413 e. The van der Waals surface area contributed by atoms with E-state index < -0.39 is 12.1 Å². The Bertz CT molecular complexity index is 1180. The molecule has 3 aromatic rings. The van der Waals surface area contributed by atoms with Gasteiger partial charge in [0, 0.05) is 17.3 Å². The molecule has 2 N–H and O–H groups in total. The second-order valence-electron chi connectivity index (χ2n) is 8.28. The normalized spacial score (nSPS) is 12.2. The van der Waals surface area contributed by atoms with Crippen LogP contribution in [0.3, 0.4) is 0 Å². The monoisotopic (exact) mass is 479 g/mol. The lowest BCUT2D eigenvalue weighted by Gasteiger charge is -2.24. The van der Waals surface area contributed by atoms with E-state index in [0.29, 0.717) is 10.8 Å². The van der Waals surface area contributed by atoms with Gasteiger partial charge in [-0.2, -0.15) is 0 Å². The summed E-state index contributed by atoms with van der Waals surface area (Å²) in [6.45, 7) is 3.33. The Morgan fingerprint density at radius 2 is 1.71 bits per heavy atom. The maximum absolute atomic E-state index is 12.5. The lowest BCUT2D eigenvalue weighted by atomic mass is 9.98. The fourth-order valence-electron chi connectivity index (χ4n) is 4.13. The highest BCUT2D eigenvalue weighted by atomic mass is 32.1. The number of aliphatic carboxylic acids is 1. The first-order valence-electron chi connectivity index (χ1n) is 10.9. The number of carbonyl (C=O) groups is 3. The molecule has 2 amide bonds. The van der Waals surface area contributed by atoms with Crippen molar-refractivity contribution >= 4 is 34.4 Å². The number of benzene rings is 2. The summed E-state index contributed by atoms with van der Waals surface area (Å²) >= 11 is 1.18. The Morgan fingerprint density at radius 3 is 2.29 bits per heavy atom. The number of nitrogens with zero attached hydrogens (tertiary/aromatic N) is 2. The first kappa shape index (κ1) is 23.4. The number of fused-ring (bicyclic) bond motifs is 3. The number of ether oxygens (including phenoxy) is 1. The minimum Gasteiger partial charge on any atom is -0.480 e. The highest BCUT2D eigenvalue weighted by Crippen LogP contribution is 2.44. The lowest BCUT2D eigenvalue weighted by molar-refractivity contribution is -0.145. The van der Waals surface area contributed by atoms with Crippen LogP contribution in [-0.4, -0.2) is 52.2 Å². The van der Waals surface area contributed by atoms with Gasteiger partial charge in [0.25, 0.3) is 0 Å². The summed E-state index contributed by atoms with van der Waals surface area (Å²) in [7, 11) is 0. The standard InChI is InChI=1S/C25H25N3O5S/c1-15(2)28(12-23(30)31)22(29)11-16-14-34-24(26-16)27-25(32)33-13-21-19-9-5-3-7-17(19)18-8-4-6-10-20(18)21/h3-10,14-15,21H,11-13H2,1-2H3,(H,30,31)(H,26,27,32). The van der Waals surface area contributed by atoms with E-state index in [-0.39, 0.29) is 37.4 Å². The fourth-order valence-corrected chi connectivity index (χ4v) is 4.82. The van der Waals surface area contributed by atoms with E-state index >= 15 is 0 Å². The maximum Gasteiger partial charge on any atom is 0.413 e. The fraction of sp³-hybridized carbons (Fsp3) is 0.280. The molecule has 176 valence electrons. The van der Waals surface area contributed by atoms with E-state index in [1.54, 1.807) is 19.2 Å². The van der Waals surface area contributed by atoms with E-state index in [4.69, 9.17) is 9.84 Å². The van der Waals surface area contributed by atoms with Gasteiger partial charge >= 0.3 is 12.1 Å². The van der Waals surface area contributed by atoms with Crippen molar-refractivity contribution in [2.75, 3.05) is 18.5 Å². The molecule has 0 atom stereocenters. The van der Waals surface area contributed by atoms with Crippen LogP contribution < -0.4 is 5.32 Å². The van der Waals surface area contributed by atoms with E-state index in [2.05, 4.69) is 34.6 Å². The molecule has 0 radical (unpaired) electrons. The molecule has 4 rings (SSSR count). The van der Waals surface area contributed by atoms with Crippen LogP contribution >= 0.6 is 11.3 Å². The van der Waals surface area contributed by atoms with Gasteiger partial charge in [-0.25, -0.2) is 9.78 Å². The highest BCUT2D eigenvalue weighted by Gasteiger charge is 2.29. The molecule has 1 aliphatic carbocycles. The third-order valence-corrected chi connectivity index (χ3v) is 6.49. The van der Waals surface area contributed by atoms with Crippen LogP contribution in [-0.2, 0) is 20.7 Å². The number of anilines is 1. The molecule has 34 heavy (non-hydrogen) atoms. The summed E-state index contributed by atoms with van der Waals surface area (Å²) in [5.41, 5.74) is 5.02. The quantitative estimate of drug-likeness (QED) is 0.497. The predicted molar refractivity (Wildman–Crippen MR) is 129 cm³/mol. The third kappa shape index (κ3) is 5.09. The number of amides is 2. The van der Waals surface area contributed by atoms with Crippen LogP contribution in [0.25, 0.3) is 11.1 Å². The lowest BCUT2D eigenvalue weighted by Crippen LogP contribution is -2.41. The summed E-state index contributed by atoms with van der Waals surface area (Å²) in [6, 6.07) is 16.0. The summed E-state index contributed by atoms with van der Waals surface area (Å²) < 4.78 is 5.52. The zero-order chi connectivity index (χ0) is 24.2. The Morgan fingerprint density at radius 1 is 1.09 bits per heavy atom. The molecular weight excluding hydrogens is 454 g/mol. The molecule has 0 bridgehead atoms. The molecule has 0 unspecified atom stereocenters. The molecule has 0 fully saturated rings. The molecular formula is C25H25N3O5S. The van der Waals surface area contributed by atoms with Gasteiger partial charge < -0.3 is 14.7 Å². The molecule has 8 nitrogen and oxygen atoms in total. The van der Waals surface area contributed by atoms with E-state index in [1.807, 2.05) is 24.3 Å². The maximum atomic E-state index is 12.5. The van der Waals surface area contributed by atoms with Gasteiger partial charge in [-0.1, -0.05) is 48.5 Å². The van der Waals surface area contributed by atoms with Crippen molar-refractivity contribution in [1.82, 2.24) is 9.88 Å². The molecule has 0 spiro atoms. The molecule has 1 aliphatic rings. The van der Waals surface area contributed by atoms with E-state index in [0.717, 1.165) is 22.3 Å². The van der Waals surface area contributed by atoms with Crippen molar-refractivity contribution in [2.45, 2.75) is 32.2 Å². The van der Waals surface area contributed by atoms with Crippen molar-refractivity contribution in [3.8, 4) is 11.1 Å². The predicted octanol–water partition coefficient (Wildman–Crippen LogP) is 4.37. The number of thiazole rings is 1. The Kier molecular flexibility index (Phi) is 6.93. The second kappa shape index (κ2) is 10.0. The first-order chi connectivity index (χ1) is 16.3. The van der Waals surface area contributed by atoms with Crippen LogP contribution in [0, 0.1) is 0 Å². The van der Waals surface area contributed by atoms with E-state index in [1.165, 1.54) is 16.2 Å². The molecule has 0 aliphatic heterocycles. The summed E-state index contributed by atoms with van der Waals surface area (Å²) in [5, 5.41) is 13.6. The van der Waals surface area contributed by atoms with Crippen LogP contribution in [0.5, 0.6) is 0 Å². The zero-order valence-corrected chi connectivity index (χ0v) is 19.7. The first-order valence-corrected chi connectivity index (χ1v) is 11.8. The summed E-state index contributed by atoms with van der Waals surface area (Å²) in [5.74, 6) is -1.45. The van der Waals surface area contributed by atoms with Gasteiger partial charge in [-0.05, 0) is 36.1 Å². The van der Waals surface area contributed by atoms with Crippen molar-refractivity contribution < 1.29 is 24.2 Å². The van der Waals surface area contributed by atoms with Crippen LogP contribution in [0.2, 0.25) is 0 Å². The minimum absolute atomic E-state index is 0.0427. The third-order valence-electron chi connectivity index (χ3n) is 5.69. The van der Waals surface area contributed by atoms with Crippen molar-refractivity contribution in [3.63, 3.8) is 0 Å². The van der Waals surface area contributed by atoms with Gasteiger partial charge in [0.15, 0.2) is 5.13 Å². The van der Waals surface area contributed by atoms with Gasteiger partial charge in [-0.15, -0.1) is 11.3 Å². The molecule has 2 aromatic carbocycles. The topological polar surface area (TPSA) is 109 Å². The van der Waals surface area contributed by atoms with E-state index in [9.17, 15) is 14.4 Å². The number of rotatable bonds is 8. The molecule has 1 heterocycles. The number of carboxylic acid groups (broad SMARTS) is 1. The number of carboxylic acids is 1. The number of carbonyl (C=O) groups excluding carboxylic acids is 2. The largest absolute Gasteiger partial charge is 0.480 e. The van der Waals surface area contributed by atoms with Gasteiger partial charge in [0.05, 0.1) is 12.1 Å². The van der Waals surface area contributed by atoms with Gasteiger partial charge in [0.2, 0.25) is 5.91 Å². The average Bonchev–Trinajstić information content (AvgIpc) is 3.37. The summed E-state index contributed by atoms with van der Waals surface area (Å²) in [6.07, 6.45) is -0.669.